The van der Waals surface area contributed by atoms with Gasteiger partial charge in [-0.15, -0.1) is 0 Å². The highest BCUT2D eigenvalue weighted by Gasteiger charge is 2.21. The molecule has 0 aliphatic carbocycles. The van der Waals surface area contributed by atoms with Crippen molar-refractivity contribution in [2.24, 2.45) is 0 Å². The summed E-state index contributed by atoms with van der Waals surface area (Å²) >= 11 is 0. The molecule has 0 bridgehead atoms. The Bertz CT molecular complexity index is 1150. The van der Waals surface area contributed by atoms with E-state index in [1.165, 1.54) is 23.4 Å². The molecular weight excluding hydrogens is 471 g/mol. The highest BCUT2D eigenvalue weighted by Crippen LogP contribution is 2.41. The molecule has 1 heterocycles. The maximum Gasteiger partial charge on any atom is 0.134 e. The van der Waals surface area contributed by atoms with E-state index in [1.54, 1.807) is 18.2 Å². The summed E-state index contributed by atoms with van der Waals surface area (Å²) in [6, 6.07) is 11.5. The first-order valence-electron chi connectivity index (χ1n) is 12.5. The van der Waals surface area contributed by atoms with Crippen molar-refractivity contribution in [2.45, 2.75) is 45.4 Å². The molecule has 1 N–H and O–H groups in total. The molecule has 0 radical (unpaired) electrons. The number of halogens is 2. The third-order valence-corrected chi connectivity index (χ3v) is 8.69. The van der Waals surface area contributed by atoms with Gasteiger partial charge in [-0.2, -0.15) is 0 Å². The van der Waals surface area contributed by atoms with E-state index in [9.17, 15) is 4.39 Å². The Labute approximate surface area is 216 Å². The van der Waals surface area contributed by atoms with Gasteiger partial charge >= 0.3 is 0 Å². The van der Waals surface area contributed by atoms with Crippen molar-refractivity contribution in [2.75, 3.05) is 20.8 Å². The molecule has 1 aliphatic rings. The van der Waals surface area contributed by atoms with Gasteiger partial charge in [0.1, 0.15) is 11.6 Å². The predicted molar refractivity (Wildman–Crippen MR) is 150 cm³/mol. The van der Waals surface area contributed by atoms with E-state index in [4.69, 9.17) is 0 Å². The zero-order valence-corrected chi connectivity index (χ0v) is 22.8. The molecule has 36 heavy (non-hydrogen) atoms. The van der Waals surface area contributed by atoms with Gasteiger partial charge in [-0.3, -0.25) is 15.1 Å². The van der Waals surface area contributed by atoms with Gasteiger partial charge in [0.25, 0.3) is 0 Å². The molecule has 0 aromatic heterocycles. The number of aryl methyl sites for hydroxylation is 1. The quantitative estimate of drug-likeness (QED) is 0.229. The number of nitrogens with zero attached hydrogens (tertiary/aromatic N) is 2. The van der Waals surface area contributed by atoms with Crippen molar-refractivity contribution in [3.05, 3.63) is 107 Å². The molecule has 6 heteroatoms. The lowest BCUT2D eigenvalue weighted by Gasteiger charge is -2.36. The highest BCUT2D eigenvalue weighted by atomic mass is 31.1. The molecule has 0 amide bonds. The molecule has 2 aromatic rings. The van der Waals surface area contributed by atoms with Crippen LogP contribution in [0.4, 0.5) is 8.78 Å². The van der Waals surface area contributed by atoms with Crippen molar-refractivity contribution in [3.8, 4) is 11.1 Å². The number of hydrazine groups is 1. The van der Waals surface area contributed by atoms with Gasteiger partial charge in [0.15, 0.2) is 0 Å². The van der Waals surface area contributed by atoms with Gasteiger partial charge in [-0.05, 0) is 87.8 Å². The number of unbranched alkanes of at least 4 members (excludes halogenated alkanes) is 2. The third kappa shape index (κ3) is 6.93. The summed E-state index contributed by atoms with van der Waals surface area (Å²) < 4.78 is 30.9. The summed E-state index contributed by atoms with van der Waals surface area (Å²) in [6.45, 7) is 12.9. The van der Waals surface area contributed by atoms with Crippen LogP contribution in [0.2, 0.25) is 0 Å². The smallest absolute Gasteiger partial charge is 0.134 e. The van der Waals surface area contributed by atoms with E-state index in [0.717, 1.165) is 43.2 Å². The average molecular weight is 510 g/mol. The van der Waals surface area contributed by atoms with E-state index in [-0.39, 0.29) is 11.6 Å². The Hall–Kier alpha value is -2.75. The summed E-state index contributed by atoms with van der Waals surface area (Å²) in [5, 5.41) is 2.09. The SMILES string of the molecule is C=C1C(CC)=CC=C(CCCCCc2cccc(-c3cccc(F)c3)c2F)N1NC(=C)P(C)N(C)C. The number of hydrogen-bond acceptors (Lipinski definition) is 3. The average Bonchev–Trinajstić information content (AvgIpc) is 2.86. The van der Waals surface area contributed by atoms with E-state index in [0.29, 0.717) is 23.1 Å². The Morgan fingerprint density at radius 1 is 1.03 bits per heavy atom. The van der Waals surface area contributed by atoms with Gasteiger partial charge in [0.05, 0.1) is 11.1 Å². The van der Waals surface area contributed by atoms with Crippen LogP contribution in [0.15, 0.2) is 90.2 Å². The lowest BCUT2D eigenvalue weighted by Crippen LogP contribution is -2.37. The van der Waals surface area contributed by atoms with E-state index < -0.39 is 8.07 Å². The molecule has 0 fully saturated rings. The minimum atomic E-state index is -0.509. The Kier molecular flexibility index (Phi) is 10.0. The number of rotatable bonds is 12. The number of hydrogen-bond donors (Lipinski definition) is 1. The Morgan fingerprint density at radius 3 is 2.44 bits per heavy atom. The van der Waals surface area contributed by atoms with Crippen molar-refractivity contribution in [3.63, 3.8) is 0 Å². The molecule has 192 valence electrons. The maximum absolute atomic E-state index is 15.1. The van der Waals surface area contributed by atoms with Gasteiger partial charge in [-0.1, -0.05) is 62.9 Å². The zero-order valence-electron chi connectivity index (χ0n) is 22.0. The normalized spacial score (nSPS) is 14.5. The lowest BCUT2D eigenvalue weighted by atomic mass is 9.98. The van der Waals surface area contributed by atoms with Crippen molar-refractivity contribution in [1.29, 1.82) is 0 Å². The first-order chi connectivity index (χ1) is 17.2. The number of benzene rings is 2. The van der Waals surface area contributed by atoms with Gasteiger partial charge in [0, 0.05) is 19.3 Å². The third-order valence-electron chi connectivity index (χ3n) is 6.61. The highest BCUT2D eigenvalue weighted by molar-refractivity contribution is 7.58. The van der Waals surface area contributed by atoms with Crippen LogP contribution in [0.5, 0.6) is 0 Å². The fourth-order valence-electron chi connectivity index (χ4n) is 4.23. The van der Waals surface area contributed by atoms with Crippen LogP contribution in [-0.4, -0.2) is 30.4 Å². The standard InChI is InChI=1S/C30H38F2N3P/c1-7-24-19-20-28(35(22(24)2)33-23(3)36(6)34(4)5)17-10-8-9-13-25-14-12-18-29(30(25)32)26-15-11-16-27(31)21-26/h11-12,14-16,18-21,33H,2-3,7-10,13,17H2,1,4-6H3. The van der Waals surface area contributed by atoms with Gasteiger partial charge in [-0.25, -0.2) is 8.78 Å². The molecule has 3 rings (SSSR count). The molecule has 1 atom stereocenters. The fourth-order valence-corrected chi connectivity index (χ4v) is 4.96. The first-order valence-corrected chi connectivity index (χ1v) is 14.3. The van der Waals surface area contributed by atoms with Crippen LogP contribution in [-0.2, 0) is 6.42 Å². The van der Waals surface area contributed by atoms with Crippen molar-refractivity contribution < 1.29 is 8.78 Å². The molecule has 1 aliphatic heterocycles. The van der Waals surface area contributed by atoms with E-state index in [2.05, 4.69) is 68.1 Å². The van der Waals surface area contributed by atoms with Crippen LogP contribution < -0.4 is 5.43 Å². The summed E-state index contributed by atoms with van der Waals surface area (Å²) in [5.41, 5.74) is 9.52. The van der Waals surface area contributed by atoms with Crippen LogP contribution in [0, 0.1) is 11.6 Å². The summed E-state index contributed by atoms with van der Waals surface area (Å²) in [7, 11) is 3.62. The number of allylic oxidation sites excluding steroid dienone is 4. The first kappa shape index (κ1) is 27.8. The molecule has 0 spiro atoms. The van der Waals surface area contributed by atoms with Crippen LogP contribution in [0.1, 0.15) is 44.6 Å². The molecule has 0 saturated carbocycles. The second-order valence-electron chi connectivity index (χ2n) is 9.26. The molecule has 0 saturated heterocycles. The van der Waals surface area contributed by atoms with Crippen molar-refractivity contribution in [1.82, 2.24) is 15.1 Å². The van der Waals surface area contributed by atoms with Crippen molar-refractivity contribution >= 4 is 8.07 Å². The van der Waals surface area contributed by atoms with Gasteiger partial charge in [0.2, 0.25) is 0 Å². The van der Waals surface area contributed by atoms with Crippen LogP contribution in [0.25, 0.3) is 11.1 Å². The zero-order chi connectivity index (χ0) is 26.2. The largest absolute Gasteiger partial charge is 0.293 e. The number of nitrogens with one attached hydrogen (secondary N) is 1. The summed E-state index contributed by atoms with van der Waals surface area (Å²) in [6.07, 6.45) is 9.64. The second-order valence-corrected chi connectivity index (χ2v) is 11.7. The van der Waals surface area contributed by atoms with Crippen LogP contribution >= 0.6 is 8.07 Å². The summed E-state index contributed by atoms with van der Waals surface area (Å²) in [4.78, 5) is 0. The Morgan fingerprint density at radius 2 is 1.75 bits per heavy atom. The monoisotopic (exact) mass is 509 g/mol. The predicted octanol–water partition coefficient (Wildman–Crippen LogP) is 8.35. The van der Waals surface area contributed by atoms with E-state index in [1.807, 2.05) is 12.1 Å². The molecule has 1 unspecified atom stereocenters. The molecular formula is C30H38F2N3P. The topological polar surface area (TPSA) is 18.5 Å². The maximum atomic E-state index is 15.1. The summed E-state index contributed by atoms with van der Waals surface area (Å²) in [5.74, 6) is -0.611. The second kappa shape index (κ2) is 13.0. The van der Waals surface area contributed by atoms with Gasteiger partial charge < -0.3 is 0 Å². The Balaban J connectivity index is 1.59. The molecule has 2 aromatic carbocycles. The minimum absolute atomic E-state index is 0.252. The minimum Gasteiger partial charge on any atom is -0.293 e. The molecule has 3 nitrogen and oxygen atoms in total. The fraction of sp³-hybridized carbons (Fsp3) is 0.333. The van der Waals surface area contributed by atoms with Crippen LogP contribution in [0.3, 0.4) is 0 Å². The van der Waals surface area contributed by atoms with E-state index >= 15 is 4.39 Å². The lowest BCUT2D eigenvalue weighted by molar-refractivity contribution is 0.341.